The van der Waals surface area contributed by atoms with E-state index in [1.165, 1.54) is 24.1 Å². The van der Waals surface area contributed by atoms with Crippen molar-refractivity contribution in [2.45, 2.75) is 38.8 Å². The largest absolute Gasteiger partial charge is 0.420 e. The quantitative estimate of drug-likeness (QED) is 0.643. The standard InChI is InChI=1S/C13H22OSi/c1-3-12-15(4-2)14-11-10-13-8-6-5-7-9-13/h5-9,15H,3-4,10-12H2,1-2H3. The van der Waals surface area contributed by atoms with Crippen LogP contribution in [0.2, 0.25) is 12.1 Å². The molecule has 1 aromatic rings. The van der Waals surface area contributed by atoms with Gasteiger partial charge in [-0.1, -0.05) is 50.6 Å². The molecule has 2 heteroatoms. The number of benzene rings is 1. The average Bonchev–Trinajstić information content (AvgIpc) is 2.29. The Morgan fingerprint density at radius 2 is 1.87 bits per heavy atom. The van der Waals surface area contributed by atoms with Gasteiger partial charge in [0.1, 0.15) is 0 Å². The second-order valence-electron chi connectivity index (χ2n) is 3.93. The van der Waals surface area contributed by atoms with Crippen molar-refractivity contribution in [3.8, 4) is 0 Å². The van der Waals surface area contributed by atoms with E-state index in [2.05, 4.69) is 44.2 Å². The topological polar surface area (TPSA) is 9.23 Å². The highest BCUT2D eigenvalue weighted by molar-refractivity contribution is 6.51. The fourth-order valence-electron chi connectivity index (χ4n) is 1.72. The van der Waals surface area contributed by atoms with Crippen LogP contribution in [0, 0.1) is 0 Å². The molecule has 0 heterocycles. The summed E-state index contributed by atoms with van der Waals surface area (Å²) in [6, 6.07) is 13.2. The highest BCUT2D eigenvalue weighted by Crippen LogP contribution is 2.06. The molecular weight excluding hydrogens is 200 g/mol. The molecule has 0 fully saturated rings. The molecule has 0 spiro atoms. The second kappa shape index (κ2) is 7.66. The van der Waals surface area contributed by atoms with E-state index in [4.69, 9.17) is 4.43 Å². The lowest BCUT2D eigenvalue weighted by molar-refractivity contribution is 0.322. The van der Waals surface area contributed by atoms with Gasteiger partial charge in [0.25, 0.3) is 0 Å². The van der Waals surface area contributed by atoms with Gasteiger partial charge in [0, 0.05) is 6.61 Å². The summed E-state index contributed by atoms with van der Waals surface area (Å²) in [5, 5.41) is 0. The van der Waals surface area contributed by atoms with E-state index in [-0.39, 0.29) is 0 Å². The molecule has 0 saturated carbocycles. The third kappa shape index (κ3) is 5.14. The SMILES string of the molecule is CCC[SiH](CC)OCCc1ccccc1. The summed E-state index contributed by atoms with van der Waals surface area (Å²) in [7, 11) is -0.854. The Kier molecular flexibility index (Phi) is 6.36. The molecule has 1 atom stereocenters. The Morgan fingerprint density at radius 1 is 1.13 bits per heavy atom. The lowest BCUT2D eigenvalue weighted by Gasteiger charge is -2.13. The van der Waals surface area contributed by atoms with Crippen molar-refractivity contribution in [3.05, 3.63) is 35.9 Å². The molecule has 0 N–H and O–H groups in total. The molecule has 0 saturated heterocycles. The molecule has 0 aromatic heterocycles. The maximum absolute atomic E-state index is 5.97. The van der Waals surface area contributed by atoms with Gasteiger partial charge in [-0.25, -0.2) is 0 Å². The summed E-state index contributed by atoms with van der Waals surface area (Å²) >= 11 is 0. The molecule has 15 heavy (non-hydrogen) atoms. The van der Waals surface area contributed by atoms with Gasteiger partial charge in [-0.15, -0.1) is 0 Å². The van der Waals surface area contributed by atoms with Gasteiger partial charge in [0.15, 0.2) is 9.04 Å². The molecular formula is C13H22OSi. The summed E-state index contributed by atoms with van der Waals surface area (Å²) in [4.78, 5) is 0. The van der Waals surface area contributed by atoms with E-state index in [0.29, 0.717) is 0 Å². The first-order valence-electron chi connectivity index (χ1n) is 6.02. The van der Waals surface area contributed by atoms with Crippen LogP contribution in [-0.2, 0) is 10.8 Å². The van der Waals surface area contributed by atoms with Crippen LogP contribution < -0.4 is 0 Å². The molecule has 1 unspecified atom stereocenters. The van der Waals surface area contributed by atoms with Crippen molar-refractivity contribution in [1.29, 1.82) is 0 Å². The average molecular weight is 222 g/mol. The van der Waals surface area contributed by atoms with E-state index >= 15 is 0 Å². The Morgan fingerprint density at radius 3 is 2.47 bits per heavy atom. The van der Waals surface area contributed by atoms with Crippen molar-refractivity contribution >= 4 is 9.04 Å². The van der Waals surface area contributed by atoms with Crippen LogP contribution in [0.15, 0.2) is 30.3 Å². The highest BCUT2D eigenvalue weighted by atomic mass is 28.3. The molecule has 0 radical (unpaired) electrons. The molecule has 1 rings (SSSR count). The van der Waals surface area contributed by atoms with E-state index in [1.54, 1.807) is 0 Å². The van der Waals surface area contributed by atoms with E-state index in [1.807, 2.05) is 0 Å². The fraction of sp³-hybridized carbons (Fsp3) is 0.538. The van der Waals surface area contributed by atoms with Crippen molar-refractivity contribution in [2.75, 3.05) is 6.61 Å². The normalized spacial score (nSPS) is 12.7. The molecule has 0 amide bonds. The summed E-state index contributed by atoms with van der Waals surface area (Å²) in [6.07, 6.45) is 2.34. The Bertz CT molecular complexity index is 248. The monoisotopic (exact) mass is 222 g/mol. The van der Waals surface area contributed by atoms with Crippen molar-refractivity contribution in [1.82, 2.24) is 0 Å². The van der Waals surface area contributed by atoms with Gasteiger partial charge in [-0.2, -0.15) is 0 Å². The Hall–Kier alpha value is -0.603. The van der Waals surface area contributed by atoms with Gasteiger partial charge >= 0.3 is 0 Å². The number of hydrogen-bond acceptors (Lipinski definition) is 1. The zero-order valence-electron chi connectivity index (χ0n) is 9.91. The van der Waals surface area contributed by atoms with Gasteiger partial charge in [0.05, 0.1) is 0 Å². The Balaban J connectivity index is 2.20. The highest BCUT2D eigenvalue weighted by Gasteiger charge is 2.07. The van der Waals surface area contributed by atoms with Crippen LogP contribution in [0.3, 0.4) is 0 Å². The lowest BCUT2D eigenvalue weighted by Crippen LogP contribution is -2.17. The minimum absolute atomic E-state index is 0.854. The smallest absolute Gasteiger partial charge is 0.176 e. The zero-order valence-corrected chi connectivity index (χ0v) is 11.1. The molecule has 0 bridgehead atoms. The summed E-state index contributed by atoms with van der Waals surface area (Å²) in [5.74, 6) is 0. The summed E-state index contributed by atoms with van der Waals surface area (Å²) < 4.78 is 5.97. The minimum atomic E-state index is -0.854. The summed E-state index contributed by atoms with van der Waals surface area (Å²) in [6.45, 7) is 5.42. The van der Waals surface area contributed by atoms with Gasteiger partial charge in [-0.3, -0.25) is 0 Å². The lowest BCUT2D eigenvalue weighted by atomic mass is 10.2. The van der Waals surface area contributed by atoms with Gasteiger partial charge < -0.3 is 4.43 Å². The maximum atomic E-state index is 5.97. The Labute approximate surface area is 95.2 Å². The van der Waals surface area contributed by atoms with Crippen molar-refractivity contribution in [2.24, 2.45) is 0 Å². The number of rotatable bonds is 7. The van der Waals surface area contributed by atoms with Crippen LogP contribution in [0.5, 0.6) is 0 Å². The second-order valence-corrected chi connectivity index (χ2v) is 6.90. The van der Waals surface area contributed by atoms with Crippen LogP contribution >= 0.6 is 0 Å². The number of hydrogen-bond donors (Lipinski definition) is 0. The first kappa shape index (κ1) is 12.5. The third-order valence-electron chi connectivity index (χ3n) is 2.65. The van der Waals surface area contributed by atoms with E-state index < -0.39 is 9.04 Å². The molecule has 1 aromatic carbocycles. The third-order valence-corrected chi connectivity index (χ3v) is 5.49. The predicted molar refractivity (Wildman–Crippen MR) is 68.8 cm³/mol. The van der Waals surface area contributed by atoms with Crippen molar-refractivity contribution in [3.63, 3.8) is 0 Å². The zero-order chi connectivity index (χ0) is 10.9. The van der Waals surface area contributed by atoms with Crippen LogP contribution in [0.25, 0.3) is 0 Å². The molecule has 0 aliphatic heterocycles. The van der Waals surface area contributed by atoms with Crippen LogP contribution in [0.4, 0.5) is 0 Å². The first-order chi connectivity index (χ1) is 7.36. The first-order valence-corrected chi connectivity index (χ1v) is 8.12. The minimum Gasteiger partial charge on any atom is -0.420 e. The van der Waals surface area contributed by atoms with Crippen molar-refractivity contribution < 1.29 is 4.43 Å². The van der Waals surface area contributed by atoms with Gasteiger partial charge in [-0.05, 0) is 24.1 Å². The van der Waals surface area contributed by atoms with Gasteiger partial charge in [0.2, 0.25) is 0 Å². The summed E-state index contributed by atoms with van der Waals surface area (Å²) in [5.41, 5.74) is 1.39. The molecule has 1 nitrogen and oxygen atoms in total. The maximum Gasteiger partial charge on any atom is 0.176 e. The van der Waals surface area contributed by atoms with Crippen LogP contribution in [-0.4, -0.2) is 15.6 Å². The van der Waals surface area contributed by atoms with E-state index in [9.17, 15) is 0 Å². The molecule has 0 aliphatic carbocycles. The van der Waals surface area contributed by atoms with Crippen LogP contribution in [0.1, 0.15) is 25.8 Å². The molecule has 0 aliphatic rings. The fourth-order valence-corrected chi connectivity index (χ4v) is 3.62. The van der Waals surface area contributed by atoms with E-state index in [0.717, 1.165) is 13.0 Å². The molecule has 84 valence electrons. The predicted octanol–water partition coefficient (Wildman–Crippen LogP) is 3.40.